The van der Waals surface area contributed by atoms with Crippen molar-refractivity contribution in [2.24, 2.45) is 0 Å². The van der Waals surface area contributed by atoms with Crippen molar-refractivity contribution in [3.8, 4) is 0 Å². The zero-order valence-corrected chi connectivity index (χ0v) is 18.0. The number of hydrogen-bond acceptors (Lipinski definition) is 5. The van der Waals surface area contributed by atoms with Gasteiger partial charge in [-0.2, -0.15) is 0 Å². The van der Waals surface area contributed by atoms with E-state index in [0.29, 0.717) is 19.6 Å². The fourth-order valence-electron chi connectivity index (χ4n) is 2.87. The first-order valence-electron chi connectivity index (χ1n) is 9.58. The van der Waals surface area contributed by atoms with E-state index in [1.54, 1.807) is 9.80 Å². The van der Waals surface area contributed by atoms with Crippen LogP contribution in [0.2, 0.25) is 0 Å². The third-order valence-electron chi connectivity index (χ3n) is 4.23. The maximum absolute atomic E-state index is 12.5. The van der Waals surface area contributed by atoms with Crippen molar-refractivity contribution in [1.29, 1.82) is 0 Å². The standard InChI is InChI=1S/C20H31N3O4.ClH/c1-16(2)26-19(24)22-13-10-21(11-14-22)12-15-23(20(25)27-17(3)4)18-8-6-5-7-9-18;/h5-9,16-17H,10-15H2,1-4H3;1H. The molecule has 0 aliphatic carbocycles. The molecule has 158 valence electrons. The molecular weight excluding hydrogens is 382 g/mol. The molecule has 0 unspecified atom stereocenters. The molecule has 1 saturated heterocycles. The van der Waals surface area contributed by atoms with Gasteiger partial charge in [-0.1, -0.05) is 18.2 Å². The largest absolute Gasteiger partial charge is 0.447 e. The van der Waals surface area contributed by atoms with Crippen LogP contribution >= 0.6 is 12.4 Å². The summed E-state index contributed by atoms with van der Waals surface area (Å²) in [5.74, 6) is 0. The van der Waals surface area contributed by atoms with Crippen LogP contribution in [0.4, 0.5) is 15.3 Å². The SMILES string of the molecule is CC(C)OC(=O)N1CCN(CCN(C(=O)OC(C)C)c2ccccc2)CC1.Cl. The van der Waals surface area contributed by atoms with Gasteiger partial charge in [0.2, 0.25) is 0 Å². The predicted octanol–water partition coefficient (Wildman–Crippen LogP) is 3.62. The van der Waals surface area contributed by atoms with Gasteiger partial charge >= 0.3 is 12.2 Å². The molecule has 1 fully saturated rings. The lowest BCUT2D eigenvalue weighted by Gasteiger charge is -2.35. The van der Waals surface area contributed by atoms with Gasteiger partial charge in [0.15, 0.2) is 0 Å². The molecule has 0 N–H and O–H groups in total. The summed E-state index contributed by atoms with van der Waals surface area (Å²) in [5, 5.41) is 0. The highest BCUT2D eigenvalue weighted by Crippen LogP contribution is 2.16. The van der Waals surface area contributed by atoms with Gasteiger partial charge < -0.3 is 14.4 Å². The maximum Gasteiger partial charge on any atom is 0.414 e. The Bertz CT molecular complexity index is 605. The van der Waals surface area contributed by atoms with Gasteiger partial charge in [-0.25, -0.2) is 9.59 Å². The lowest BCUT2D eigenvalue weighted by molar-refractivity contribution is 0.0576. The number of nitrogens with zero attached hydrogens (tertiary/aromatic N) is 3. The summed E-state index contributed by atoms with van der Waals surface area (Å²) in [7, 11) is 0. The van der Waals surface area contributed by atoms with Gasteiger partial charge in [-0.15, -0.1) is 12.4 Å². The number of anilines is 1. The number of carbonyl (C=O) groups excluding carboxylic acids is 2. The number of halogens is 1. The molecular formula is C20H32ClN3O4. The predicted molar refractivity (Wildman–Crippen MR) is 112 cm³/mol. The number of benzene rings is 1. The van der Waals surface area contributed by atoms with Crippen molar-refractivity contribution in [2.75, 3.05) is 44.2 Å². The number of hydrogen-bond donors (Lipinski definition) is 0. The summed E-state index contributed by atoms with van der Waals surface area (Å²) in [6.07, 6.45) is -0.868. The van der Waals surface area contributed by atoms with Crippen LogP contribution in [0.1, 0.15) is 27.7 Å². The molecule has 0 bridgehead atoms. The second kappa shape index (κ2) is 11.8. The lowest BCUT2D eigenvalue weighted by Crippen LogP contribution is -2.51. The van der Waals surface area contributed by atoms with Gasteiger partial charge in [-0.3, -0.25) is 9.80 Å². The van der Waals surface area contributed by atoms with Gasteiger partial charge in [0, 0.05) is 45.0 Å². The molecule has 7 nitrogen and oxygen atoms in total. The molecule has 1 aromatic carbocycles. The number of piperazine rings is 1. The molecule has 2 amide bonds. The Labute approximate surface area is 174 Å². The van der Waals surface area contributed by atoms with E-state index >= 15 is 0 Å². The quantitative estimate of drug-likeness (QED) is 0.712. The van der Waals surface area contributed by atoms with E-state index in [2.05, 4.69) is 4.90 Å². The summed E-state index contributed by atoms with van der Waals surface area (Å²) in [6.45, 7) is 11.4. The van der Waals surface area contributed by atoms with Crippen LogP contribution in [0.25, 0.3) is 0 Å². The van der Waals surface area contributed by atoms with E-state index in [1.807, 2.05) is 58.0 Å². The highest BCUT2D eigenvalue weighted by Gasteiger charge is 2.24. The van der Waals surface area contributed by atoms with Crippen LogP contribution in [0, 0.1) is 0 Å². The average molecular weight is 414 g/mol. The summed E-state index contributed by atoms with van der Waals surface area (Å²) in [5.41, 5.74) is 0.822. The van der Waals surface area contributed by atoms with E-state index in [1.165, 1.54) is 0 Å². The van der Waals surface area contributed by atoms with Gasteiger partial charge in [0.25, 0.3) is 0 Å². The molecule has 1 aliphatic heterocycles. The van der Waals surface area contributed by atoms with Crippen LogP contribution < -0.4 is 4.90 Å². The molecule has 0 spiro atoms. The molecule has 1 heterocycles. The Hall–Kier alpha value is -1.99. The van der Waals surface area contributed by atoms with Crippen LogP contribution in [0.15, 0.2) is 30.3 Å². The van der Waals surface area contributed by atoms with Crippen molar-refractivity contribution in [1.82, 2.24) is 9.80 Å². The Morgan fingerprint density at radius 2 is 1.54 bits per heavy atom. The number of carbonyl (C=O) groups is 2. The van der Waals surface area contributed by atoms with Gasteiger partial charge in [0.1, 0.15) is 0 Å². The van der Waals surface area contributed by atoms with Crippen LogP contribution in [-0.2, 0) is 9.47 Å². The summed E-state index contributed by atoms with van der Waals surface area (Å²) < 4.78 is 10.6. The highest BCUT2D eigenvalue weighted by molar-refractivity contribution is 5.87. The molecule has 0 radical (unpaired) electrons. The van der Waals surface area contributed by atoms with Crippen molar-refractivity contribution in [3.63, 3.8) is 0 Å². The molecule has 1 aromatic rings. The Balaban J connectivity index is 0.00000392. The fraction of sp³-hybridized carbons (Fsp3) is 0.600. The molecule has 0 saturated carbocycles. The third kappa shape index (κ3) is 7.56. The normalized spacial score (nSPS) is 14.6. The van der Waals surface area contributed by atoms with Crippen LogP contribution in [0.5, 0.6) is 0 Å². The number of para-hydroxylation sites is 1. The lowest BCUT2D eigenvalue weighted by atomic mass is 10.3. The number of amides is 2. The van der Waals surface area contributed by atoms with E-state index in [9.17, 15) is 9.59 Å². The minimum Gasteiger partial charge on any atom is -0.447 e. The minimum atomic E-state index is -0.338. The molecule has 0 aromatic heterocycles. The Morgan fingerprint density at radius 3 is 2.07 bits per heavy atom. The highest BCUT2D eigenvalue weighted by atomic mass is 35.5. The van der Waals surface area contributed by atoms with Crippen LogP contribution in [0.3, 0.4) is 0 Å². The van der Waals surface area contributed by atoms with E-state index < -0.39 is 0 Å². The summed E-state index contributed by atoms with van der Waals surface area (Å²) in [6, 6.07) is 9.54. The van der Waals surface area contributed by atoms with Gasteiger partial charge in [-0.05, 0) is 39.8 Å². The monoisotopic (exact) mass is 413 g/mol. The molecule has 0 atom stereocenters. The second-order valence-corrected chi connectivity index (χ2v) is 7.18. The topological polar surface area (TPSA) is 62.3 Å². The van der Waals surface area contributed by atoms with Crippen molar-refractivity contribution in [2.45, 2.75) is 39.9 Å². The minimum absolute atomic E-state index is 0. The molecule has 28 heavy (non-hydrogen) atoms. The van der Waals surface area contributed by atoms with E-state index in [0.717, 1.165) is 25.3 Å². The van der Waals surface area contributed by atoms with Crippen molar-refractivity contribution >= 4 is 30.3 Å². The first-order valence-corrected chi connectivity index (χ1v) is 9.58. The maximum atomic E-state index is 12.5. The van der Waals surface area contributed by atoms with Crippen molar-refractivity contribution < 1.29 is 19.1 Å². The van der Waals surface area contributed by atoms with E-state index in [4.69, 9.17) is 9.47 Å². The smallest absolute Gasteiger partial charge is 0.414 e. The fourth-order valence-corrected chi connectivity index (χ4v) is 2.87. The van der Waals surface area contributed by atoms with Crippen molar-refractivity contribution in [3.05, 3.63) is 30.3 Å². The first-order chi connectivity index (χ1) is 12.9. The summed E-state index contributed by atoms with van der Waals surface area (Å²) >= 11 is 0. The third-order valence-corrected chi connectivity index (χ3v) is 4.23. The first kappa shape index (κ1) is 24.0. The number of rotatable bonds is 6. The zero-order chi connectivity index (χ0) is 19.8. The van der Waals surface area contributed by atoms with Crippen LogP contribution in [-0.4, -0.2) is 73.5 Å². The van der Waals surface area contributed by atoms with E-state index in [-0.39, 0.29) is 36.8 Å². The number of ether oxygens (including phenoxy) is 2. The second-order valence-electron chi connectivity index (χ2n) is 7.18. The molecule has 8 heteroatoms. The van der Waals surface area contributed by atoms with Gasteiger partial charge in [0.05, 0.1) is 12.2 Å². The molecule has 2 rings (SSSR count). The summed E-state index contributed by atoms with van der Waals surface area (Å²) in [4.78, 5) is 30.1. The average Bonchev–Trinajstić information content (AvgIpc) is 2.62. The Kier molecular flexibility index (Phi) is 10.1. The zero-order valence-electron chi connectivity index (χ0n) is 17.2. The Morgan fingerprint density at radius 1 is 0.964 bits per heavy atom. The molecule has 1 aliphatic rings.